The van der Waals surface area contributed by atoms with Crippen LogP contribution in [-0.2, 0) is 0 Å². The molecule has 1 atom stereocenters. The van der Waals surface area contributed by atoms with Crippen LogP contribution in [-0.4, -0.2) is 18.1 Å². The average molecular weight is 333 g/mol. The molecule has 0 saturated carbocycles. The van der Waals surface area contributed by atoms with E-state index in [0.717, 1.165) is 11.3 Å². The molecule has 2 aromatic carbocycles. The Kier molecular flexibility index (Phi) is 3.14. The molecule has 1 amide bonds. The number of nitrogens with zero attached hydrogens (tertiary/aromatic N) is 1. The van der Waals surface area contributed by atoms with Crippen LogP contribution in [0.5, 0.6) is 5.75 Å². The lowest BCUT2D eigenvalue weighted by molar-refractivity contribution is 0.0928. The third kappa shape index (κ3) is 2.04. The quantitative estimate of drug-likeness (QED) is 0.843. The van der Waals surface area contributed by atoms with Crippen LogP contribution < -0.4 is 10.2 Å². The number of aromatic hydroxyl groups is 1. The Morgan fingerprint density at radius 1 is 1.25 bits per heavy atom. The Bertz CT molecular complexity index is 687. The third-order valence-corrected chi connectivity index (χ3v) is 4.11. The highest BCUT2D eigenvalue weighted by atomic mass is 79.9. The van der Waals surface area contributed by atoms with E-state index in [2.05, 4.69) is 21.2 Å². The fourth-order valence-electron chi connectivity index (χ4n) is 2.41. The molecule has 4 nitrogen and oxygen atoms in total. The predicted molar refractivity (Wildman–Crippen MR) is 80.9 cm³/mol. The molecule has 0 bridgehead atoms. The minimum atomic E-state index is -0.255. The second-order valence-corrected chi connectivity index (χ2v) is 5.57. The first-order valence-electron chi connectivity index (χ1n) is 6.19. The molecule has 1 aliphatic heterocycles. The Morgan fingerprint density at radius 3 is 2.75 bits per heavy atom. The molecule has 0 fully saturated rings. The number of amides is 1. The largest absolute Gasteiger partial charge is 0.507 e. The zero-order chi connectivity index (χ0) is 14.3. The number of hydrogen-bond donors (Lipinski definition) is 2. The molecule has 1 aliphatic rings. The maximum absolute atomic E-state index is 12.2. The fraction of sp³-hybridized carbons (Fsp3) is 0.133. The minimum Gasteiger partial charge on any atom is -0.507 e. The summed E-state index contributed by atoms with van der Waals surface area (Å²) in [5.74, 6) is 0.0897. The van der Waals surface area contributed by atoms with Crippen molar-refractivity contribution in [1.82, 2.24) is 5.32 Å². The molecule has 0 radical (unpaired) electrons. The van der Waals surface area contributed by atoms with Crippen molar-refractivity contribution in [3.05, 3.63) is 58.1 Å². The number of rotatable bonds is 1. The van der Waals surface area contributed by atoms with Gasteiger partial charge in [-0.05, 0) is 45.8 Å². The van der Waals surface area contributed by atoms with Crippen LogP contribution in [0.4, 0.5) is 5.69 Å². The Morgan fingerprint density at radius 2 is 2.00 bits per heavy atom. The van der Waals surface area contributed by atoms with E-state index in [9.17, 15) is 9.90 Å². The Labute approximate surface area is 125 Å². The topological polar surface area (TPSA) is 52.6 Å². The molecule has 102 valence electrons. The van der Waals surface area contributed by atoms with Gasteiger partial charge >= 0.3 is 0 Å². The normalized spacial score (nSPS) is 17.6. The lowest BCUT2D eigenvalue weighted by atomic mass is 10.0. The van der Waals surface area contributed by atoms with E-state index in [1.54, 1.807) is 12.1 Å². The molecule has 0 spiro atoms. The van der Waals surface area contributed by atoms with E-state index in [4.69, 9.17) is 0 Å². The van der Waals surface area contributed by atoms with Crippen LogP contribution in [0.3, 0.4) is 0 Å². The van der Waals surface area contributed by atoms with Crippen LogP contribution in [0.1, 0.15) is 22.1 Å². The maximum atomic E-state index is 12.2. The summed E-state index contributed by atoms with van der Waals surface area (Å²) in [6.07, 6.45) is -0.255. The van der Waals surface area contributed by atoms with Gasteiger partial charge in [0.05, 0.1) is 15.7 Å². The number of benzene rings is 2. The lowest BCUT2D eigenvalue weighted by Gasteiger charge is -2.36. The van der Waals surface area contributed by atoms with Crippen LogP contribution in [0.2, 0.25) is 0 Å². The zero-order valence-corrected chi connectivity index (χ0v) is 12.4. The van der Waals surface area contributed by atoms with E-state index < -0.39 is 0 Å². The minimum absolute atomic E-state index is 0.0899. The third-order valence-electron chi connectivity index (χ3n) is 3.47. The Hall–Kier alpha value is -2.01. The summed E-state index contributed by atoms with van der Waals surface area (Å²) in [6, 6.07) is 12.7. The van der Waals surface area contributed by atoms with E-state index in [1.807, 2.05) is 42.3 Å². The smallest absolute Gasteiger partial charge is 0.255 e. The number of phenolic OH excluding ortho intramolecular Hbond substituents is 1. The van der Waals surface area contributed by atoms with Crippen molar-refractivity contribution < 1.29 is 9.90 Å². The first-order chi connectivity index (χ1) is 9.58. The summed E-state index contributed by atoms with van der Waals surface area (Å²) in [5.41, 5.74) is 2.47. The molecule has 2 aromatic rings. The summed E-state index contributed by atoms with van der Waals surface area (Å²) >= 11 is 3.30. The van der Waals surface area contributed by atoms with Gasteiger partial charge in [-0.1, -0.05) is 18.2 Å². The van der Waals surface area contributed by atoms with Crippen molar-refractivity contribution in [3.63, 3.8) is 0 Å². The lowest BCUT2D eigenvalue weighted by Crippen LogP contribution is -2.44. The number of phenols is 1. The summed E-state index contributed by atoms with van der Waals surface area (Å²) in [4.78, 5) is 14.2. The van der Waals surface area contributed by atoms with Gasteiger partial charge in [-0.25, -0.2) is 0 Å². The fourth-order valence-corrected chi connectivity index (χ4v) is 2.81. The number of fused-ring (bicyclic) bond motifs is 1. The van der Waals surface area contributed by atoms with Gasteiger partial charge < -0.3 is 15.3 Å². The van der Waals surface area contributed by atoms with Crippen molar-refractivity contribution in [3.8, 4) is 5.75 Å². The van der Waals surface area contributed by atoms with Crippen molar-refractivity contribution in [2.24, 2.45) is 0 Å². The van der Waals surface area contributed by atoms with Crippen LogP contribution >= 0.6 is 15.9 Å². The van der Waals surface area contributed by atoms with Gasteiger partial charge in [-0.15, -0.1) is 0 Å². The van der Waals surface area contributed by atoms with E-state index in [1.165, 1.54) is 0 Å². The molecule has 20 heavy (non-hydrogen) atoms. The number of anilines is 1. The molecule has 1 heterocycles. The molecule has 0 aromatic heterocycles. The van der Waals surface area contributed by atoms with Crippen molar-refractivity contribution in [2.45, 2.75) is 6.17 Å². The standard InChI is InChI=1S/C15H13BrN2O2/c1-18-12-5-3-2-4-10(12)15(20)17-14(18)9-6-7-13(19)11(16)8-9/h2-8,14,19H,1H3,(H,17,20). The van der Waals surface area contributed by atoms with E-state index in [-0.39, 0.29) is 17.8 Å². The number of nitrogens with one attached hydrogen (secondary N) is 1. The SMILES string of the molecule is CN1c2ccccc2C(=O)NC1c1ccc(O)c(Br)c1. The highest BCUT2D eigenvalue weighted by Gasteiger charge is 2.29. The summed E-state index contributed by atoms with van der Waals surface area (Å²) in [7, 11) is 1.93. The van der Waals surface area contributed by atoms with Gasteiger partial charge in [-0.3, -0.25) is 4.79 Å². The van der Waals surface area contributed by atoms with Crippen LogP contribution in [0.25, 0.3) is 0 Å². The molecule has 2 N–H and O–H groups in total. The van der Waals surface area contributed by atoms with Gasteiger partial charge in [0.15, 0.2) is 0 Å². The zero-order valence-electron chi connectivity index (χ0n) is 10.8. The van der Waals surface area contributed by atoms with Crippen molar-refractivity contribution in [2.75, 3.05) is 11.9 Å². The van der Waals surface area contributed by atoms with Gasteiger partial charge in [0, 0.05) is 7.05 Å². The number of para-hydroxylation sites is 1. The average Bonchev–Trinajstić information content (AvgIpc) is 2.46. The van der Waals surface area contributed by atoms with Gasteiger partial charge in [-0.2, -0.15) is 0 Å². The molecule has 5 heteroatoms. The van der Waals surface area contributed by atoms with Gasteiger partial charge in [0.25, 0.3) is 5.91 Å². The van der Waals surface area contributed by atoms with E-state index >= 15 is 0 Å². The first-order valence-corrected chi connectivity index (χ1v) is 6.98. The van der Waals surface area contributed by atoms with Gasteiger partial charge in [0.2, 0.25) is 0 Å². The van der Waals surface area contributed by atoms with Crippen LogP contribution in [0, 0.1) is 0 Å². The summed E-state index contributed by atoms with van der Waals surface area (Å²) < 4.78 is 0.608. The molecule has 1 unspecified atom stereocenters. The highest BCUT2D eigenvalue weighted by Crippen LogP contribution is 2.34. The number of carbonyl (C=O) groups excluding carboxylic acids is 1. The number of halogens is 1. The first kappa shape index (κ1) is 13.0. The second kappa shape index (κ2) is 4.83. The van der Waals surface area contributed by atoms with E-state index in [0.29, 0.717) is 10.0 Å². The predicted octanol–water partition coefficient (Wildman–Crippen LogP) is 3.03. The van der Waals surface area contributed by atoms with Crippen molar-refractivity contribution >= 4 is 27.5 Å². The number of carbonyl (C=O) groups is 1. The Balaban J connectivity index is 2.04. The molecule has 3 rings (SSSR count). The molecular weight excluding hydrogens is 320 g/mol. The summed E-state index contributed by atoms with van der Waals surface area (Å²) in [6.45, 7) is 0. The van der Waals surface area contributed by atoms with Gasteiger partial charge in [0.1, 0.15) is 11.9 Å². The second-order valence-electron chi connectivity index (χ2n) is 4.71. The molecular formula is C15H13BrN2O2. The highest BCUT2D eigenvalue weighted by molar-refractivity contribution is 9.10. The summed E-state index contributed by atoms with van der Waals surface area (Å²) in [5, 5.41) is 12.5. The van der Waals surface area contributed by atoms with Crippen molar-refractivity contribution in [1.29, 1.82) is 0 Å². The molecule has 0 aliphatic carbocycles. The monoisotopic (exact) mass is 332 g/mol. The number of hydrogen-bond acceptors (Lipinski definition) is 3. The van der Waals surface area contributed by atoms with Crippen LogP contribution in [0.15, 0.2) is 46.9 Å². The maximum Gasteiger partial charge on any atom is 0.255 e. The molecule has 0 saturated heterocycles.